The largest absolute Gasteiger partial charge is 0.493 e. The van der Waals surface area contributed by atoms with Crippen LogP contribution in [0.1, 0.15) is 24.9 Å². The van der Waals surface area contributed by atoms with Gasteiger partial charge in [0.1, 0.15) is 5.75 Å². The van der Waals surface area contributed by atoms with Crippen molar-refractivity contribution in [2.75, 3.05) is 19.7 Å². The predicted molar refractivity (Wildman–Crippen MR) is 89.2 cm³/mol. The fourth-order valence-electron chi connectivity index (χ4n) is 2.80. The second kappa shape index (κ2) is 7.24. The maximum Gasteiger partial charge on any atom is 0.216 e. The first-order chi connectivity index (χ1) is 11.2. The number of rotatable bonds is 5. The van der Waals surface area contributed by atoms with E-state index in [1.165, 1.54) is 12.5 Å². The normalized spacial score (nSPS) is 16.3. The molecule has 1 aliphatic heterocycles. The molecule has 0 bridgehead atoms. The molecular formula is C18H21N3O2. The quantitative estimate of drug-likeness (QED) is 0.832. The minimum Gasteiger partial charge on any atom is -0.493 e. The average Bonchev–Trinajstić information content (AvgIpc) is 2.59. The summed E-state index contributed by atoms with van der Waals surface area (Å²) < 4.78 is 5.76. The van der Waals surface area contributed by atoms with E-state index in [1.54, 1.807) is 6.20 Å². The van der Waals surface area contributed by atoms with E-state index in [0.29, 0.717) is 13.2 Å². The number of aromatic nitrogens is 1. The molecule has 1 aromatic heterocycles. The number of hydrogen-bond donors (Lipinski definition) is 2. The Morgan fingerprint density at radius 3 is 3.00 bits per heavy atom. The SMILES string of the molecule is CC(=O)NCCN[C@H]1CCOc2ccc(-c3cccnc3)cc21. The molecule has 1 aromatic carbocycles. The molecule has 1 aliphatic rings. The van der Waals surface area contributed by atoms with Crippen LogP contribution in [0.25, 0.3) is 11.1 Å². The molecule has 0 saturated carbocycles. The summed E-state index contributed by atoms with van der Waals surface area (Å²) in [6.07, 6.45) is 4.56. The number of nitrogens with one attached hydrogen (secondary N) is 2. The molecule has 0 aliphatic carbocycles. The van der Waals surface area contributed by atoms with E-state index < -0.39 is 0 Å². The molecule has 0 unspecified atom stereocenters. The number of carbonyl (C=O) groups is 1. The van der Waals surface area contributed by atoms with Gasteiger partial charge in [-0.3, -0.25) is 9.78 Å². The van der Waals surface area contributed by atoms with Gasteiger partial charge in [-0.25, -0.2) is 0 Å². The van der Waals surface area contributed by atoms with Crippen LogP contribution in [0.5, 0.6) is 5.75 Å². The first-order valence-corrected chi connectivity index (χ1v) is 7.89. The van der Waals surface area contributed by atoms with E-state index in [-0.39, 0.29) is 11.9 Å². The summed E-state index contributed by atoms with van der Waals surface area (Å²) in [6, 6.07) is 10.5. The molecule has 120 valence electrons. The number of pyridine rings is 1. The van der Waals surface area contributed by atoms with E-state index in [0.717, 1.165) is 29.8 Å². The van der Waals surface area contributed by atoms with E-state index in [4.69, 9.17) is 4.74 Å². The second-order valence-electron chi connectivity index (χ2n) is 5.62. The molecule has 2 heterocycles. The highest BCUT2D eigenvalue weighted by Crippen LogP contribution is 2.35. The number of amides is 1. The summed E-state index contributed by atoms with van der Waals surface area (Å²) in [4.78, 5) is 15.1. The molecule has 5 heteroatoms. The zero-order valence-corrected chi connectivity index (χ0v) is 13.2. The average molecular weight is 311 g/mol. The number of carbonyl (C=O) groups excluding carboxylic acids is 1. The van der Waals surface area contributed by atoms with Crippen molar-refractivity contribution in [1.29, 1.82) is 0 Å². The molecule has 1 amide bonds. The highest BCUT2D eigenvalue weighted by atomic mass is 16.5. The molecule has 0 radical (unpaired) electrons. The fourth-order valence-corrected chi connectivity index (χ4v) is 2.80. The van der Waals surface area contributed by atoms with Crippen molar-refractivity contribution < 1.29 is 9.53 Å². The lowest BCUT2D eigenvalue weighted by atomic mass is 9.96. The van der Waals surface area contributed by atoms with Crippen molar-refractivity contribution in [3.63, 3.8) is 0 Å². The number of ether oxygens (including phenoxy) is 1. The summed E-state index contributed by atoms with van der Waals surface area (Å²) in [7, 11) is 0. The first-order valence-electron chi connectivity index (χ1n) is 7.89. The Hall–Kier alpha value is -2.40. The molecule has 1 atom stereocenters. The van der Waals surface area contributed by atoms with Gasteiger partial charge in [-0.2, -0.15) is 0 Å². The van der Waals surface area contributed by atoms with Crippen molar-refractivity contribution >= 4 is 5.91 Å². The summed E-state index contributed by atoms with van der Waals surface area (Å²) in [6.45, 7) is 3.60. The molecule has 2 aromatic rings. The van der Waals surface area contributed by atoms with Gasteiger partial charge in [-0.05, 0) is 23.8 Å². The van der Waals surface area contributed by atoms with Crippen LogP contribution >= 0.6 is 0 Å². The molecule has 23 heavy (non-hydrogen) atoms. The van der Waals surface area contributed by atoms with Crippen molar-refractivity contribution in [3.8, 4) is 16.9 Å². The van der Waals surface area contributed by atoms with Crippen LogP contribution in [0.4, 0.5) is 0 Å². The highest BCUT2D eigenvalue weighted by molar-refractivity contribution is 5.72. The molecule has 0 saturated heterocycles. The maximum absolute atomic E-state index is 10.9. The predicted octanol–water partition coefficient (Wildman–Crippen LogP) is 2.30. The first kappa shape index (κ1) is 15.5. The fraction of sp³-hybridized carbons (Fsp3) is 0.333. The van der Waals surface area contributed by atoms with Crippen LogP contribution in [-0.2, 0) is 4.79 Å². The monoisotopic (exact) mass is 311 g/mol. The zero-order chi connectivity index (χ0) is 16.1. The van der Waals surface area contributed by atoms with Gasteiger partial charge in [-0.1, -0.05) is 12.1 Å². The molecule has 0 spiro atoms. The van der Waals surface area contributed by atoms with Gasteiger partial charge in [0, 0.05) is 56.0 Å². The third kappa shape index (κ3) is 3.87. The zero-order valence-electron chi connectivity index (χ0n) is 13.2. The maximum atomic E-state index is 10.9. The summed E-state index contributed by atoms with van der Waals surface area (Å²) in [5.74, 6) is 0.930. The van der Waals surface area contributed by atoms with Gasteiger partial charge < -0.3 is 15.4 Å². The number of fused-ring (bicyclic) bond motifs is 1. The summed E-state index contributed by atoms with van der Waals surface area (Å²) >= 11 is 0. The standard InChI is InChI=1S/C18H21N3O2/c1-13(22)20-8-9-21-17-6-10-23-18-5-4-14(11-16(17)18)15-3-2-7-19-12-15/h2-5,7,11-12,17,21H,6,8-10H2,1H3,(H,20,22)/t17-/m0/s1. The van der Waals surface area contributed by atoms with Gasteiger partial charge in [0.25, 0.3) is 0 Å². The van der Waals surface area contributed by atoms with E-state index >= 15 is 0 Å². The van der Waals surface area contributed by atoms with E-state index in [9.17, 15) is 4.79 Å². The Bertz CT molecular complexity index is 673. The van der Waals surface area contributed by atoms with Crippen LogP contribution in [0.3, 0.4) is 0 Å². The summed E-state index contributed by atoms with van der Waals surface area (Å²) in [5.41, 5.74) is 3.40. The molecule has 3 rings (SSSR count). The number of benzene rings is 1. The third-order valence-electron chi connectivity index (χ3n) is 3.93. The van der Waals surface area contributed by atoms with Crippen molar-refractivity contribution in [2.45, 2.75) is 19.4 Å². The lowest BCUT2D eigenvalue weighted by Gasteiger charge is -2.27. The number of hydrogen-bond acceptors (Lipinski definition) is 4. The van der Waals surface area contributed by atoms with Crippen molar-refractivity contribution in [3.05, 3.63) is 48.3 Å². The van der Waals surface area contributed by atoms with Crippen molar-refractivity contribution in [1.82, 2.24) is 15.6 Å². The lowest BCUT2D eigenvalue weighted by Crippen LogP contribution is -2.34. The van der Waals surface area contributed by atoms with Crippen LogP contribution < -0.4 is 15.4 Å². The van der Waals surface area contributed by atoms with Gasteiger partial charge in [0.2, 0.25) is 5.91 Å². The Morgan fingerprint density at radius 2 is 2.22 bits per heavy atom. The molecule has 5 nitrogen and oxygen atoms in total. The molecule has 2 N–H and O–H groups in total. The molecular weight excluding hydrogens is 290 g/mol. The van der Waals surface area contributed by atoms with Crippen molar-refractivity contribution in [2.24, 2.45) is 0 Å². The van der Waals surface area contributed by atoms with Gasteiger partial charge in [0.15, 0.2) is 0 Å². The van der Waals surface area contributed by atoms with E-state index in [2.05, 4.69) is 33.8 Å². The van der Waals surface area contributed by atoms with Crippen LogP contribution in [-0.4, -0.2) is 30.6 Å². The Labute approximate surface area is 136 Å². The highest BCUT2D eigenvalue weighted by Gasteiger charge is 2.21. The minimum absolute atomic E-state index is 0.00181. The Kier molecular flexibility index (Phi) is 4.88. The second-order valence-corrected chi connectivity index (χ2v) is 5.62. The van der Waals surface area contributed by atoms with Crippen LogP contribution in [0, 0.1) is 0 Å². The van der Waals surface area contributed by atoms with Gasteiger partial charge in [-0.15, -0.1) is 0 Å². The lowest BCUT2D eigenvalue weighted by molar-refractivity contribution is -0.118. The van der Waals surface area contributed by atoms with Gasteiger partial charge in [0.05, 0.1) is 6.61 Å². The smallest absolute Gasteiger partial charge is 0.216 e. The van der Waals surface area contributed by atoms with Crippen LogP contribution in [0.15, 0.2) is 42.7 Å². The third-order valence-corrected chi connectivity index (χ3v) is 3.93. The Morgan fingerprint density at radius 1 is 1.30 bits per heavy atom. The van der Waals surface area contributed by atoms with Crippen LogP contribution in [0.2, 0.25) is 0 Å². The molecule has 0 fully saturated rings. The van der Waals surface area contributed by atoms with E-state index in [1.807, 2.05) is 18.3 Å². The van der Waals surface area contributed by atoms with Gasteiger partial charge >= 0.3 is 0 Å². The number of nitrogens with zero attached hydrogens (tertiary/aromatic N) is 1. The Balaban J connectivity index is 1.75. The summed E-state index contributed by atoms with van der Waals surface area (Å²) in [5, 5.41) is 6.31. The minimum atomic E-state index is -0.00181. The topological polar surface area (TPSA) is 63.2 Å².